The molecule has 0 fully saturated rings. The first-order chi connectivity index (χ1) is 7.36. The zero-order chi connectivity index (χ0) is 12.3. The van der Waals surface area contributed by atoms with Gasteiger partial charge in [0.15, 0.2) is 9.84 Å². The molecule has 0 aliphatic carbocycles. The molecule has 1 aromatic rings. The number of sulfone groups is 1. The Morgan fingerprint density at radius 3 is 2.19 bits per heavy atom. The average Bonchev–Trinajstić information content (AvgIpc) is 2.17. The lowest BCUT2D eigenvalue weighted by Crippen LogP contribution is -2.26. The smallest absolute Gasteiger partial charge is 0.153 e. The summed E-state index contributed by atoms with van der Waals surface area (Å²) >= 11 is 3.29. The fourth-order valence-corrected chi connectivity index (χ4v) is 3.13. The van der Waals surface area contributed by atoms with Crippen molar-refractivity contribution in [1.29, 1.82) is 0 Å². The van der Waals surface area contributed by atoms with Gasteiger partial charge in [0.25, 0.3) is 0 Å². The van der Waals surface area contributed by atoms with E-state index in [0.717, 1.165) is 10.7 Å². The topological polar surface area (TPSA) is 54.4 Å². The van der Waals surface area contributed by atoms with Crippen LogP contribution in [0, 0.1) is 0 Å². The van der Waals surface area contributed by atoms with E-state index in [0.29, 0.717) is 12.0 Å². The van der Waals surface area contributed by atoms with Crippen molar-refractivity contribution in [3.8, 4) is 0 Å². The number of halogens is 1. The molecule has 2 atom stereocenters. The maximum Gasteiger partial charge on any atom is 0.153 e. The van der Waals surface area contributed by atoms with Gasteiger partial charge in [-0.05, 0) is 24.1 Å². The second kappa shape index (κ2) is 5.29. The van der Waals surface area contributed by atoms with Gasteiger partial charge >= 0.3 is 0 Å². The van der Waals surface area contributed by atoms with E-state index in [1.807, 2.05) is 0 Å². The van der Waals surface area contributed by atoms with Crippen LogP contribution >= 0.6 is 15.9 Å². The van der Waals surface area contributed by atoms with Crippen LogP contribution in [0.1, 0.15) is 25.0 Å². The van der Waals surface area contributed by atoms with E-state index in [4.69, 9.17) is 0 Å². The molecule has 90 valence electrons. The first-order valence-electron chi connectivity index (χ1n) is 4.98. The van der Waals surface area contributed by atoms with Crippen molar-refractivity contribution in [1.82, 2.24) is 0 Å². The maximum absolute atomic E-state index is 11.5. The van der Waals surface area contributed by atoms with Crippen LogP contribution in [0.3, 0.4) is 0 Å². The molecule has 3 nitrogen and oxygen atoms in total. The van der Waals surface area contributed by atoms with Gasteiger partial charge < -0.3 is 5.11 Å². The highest BCUT2D eigenvalue weighted by molar-refractivity contribution is 9.10. The zero-order valence-corrected chi connectivity index (χ0v) is 11.6. The number of aliphatic hydroxyl groups is 1. The van der Waals surface area contributed by atoms with Gasteiger partial charge in [-0.25, -0.2) is 8.42 Å². The van der Waals surface area contributed by atoms with Crippen molar-refractivity contribution in [3.05, 3.63) is 34.3 Å². The fraction of sp³-hybridized carbons (Fsp3) is 0.455. The Morgan fingerprint density at radius 2 is 1.81 bits per heavy atom. The Hall–Kier alpha value is -0.390. The van der Waals surface area contributed by atoms with Crippen LogP contribution in [0.4, 0.5) is 0 Å². The van der Waals surface area contributed by atoms with Gasteiger partial charge in [-0.15, -0.1) is 0 Å². The molecule has 0 radical (unpaired) electrons. The maximum atomic E-state index is 11.5. The van der Waals surface area contributed by atoms with Crippen molar-refractivity contribution < 1.29 is 13.5 Å². The van der Waals surface area contributed by atoms with Crippen LogP contribution in [-0.2, 0) is 9.84 Å². The van der Waals surface area contributed by atoms with Gasteiger partial charge in [0.1, 0.15) is 0 Å². The van der Waals surface area contributed by atoms with Crippen molar-refractivity contribution in [2.75, 3.05) is 6.26 Å². The fourth-order valence-electron chi connectivity index (χ4n) is 1.63. The van der Waals surface area contributed by atoms with Crippen LogP contribution < -0.4 is 0 Å². The molecule has 0 amide bonds. The summed E-state index contributed by atoms with van der Waals surface area (Å²) in [5.74, 6) is 0. The molecule has 0 bridgehead atoms. The molecule has 0 aromatic heterocycles. The minimum atomic E-state index is -3.23. The summed E-state index contributed by atoms with van der Waals surface area (Å²) in [4.78, 5) is 0. The number of hydrogen-bond acceptors (Lipinski definition) is 3. The van der Waals surface area contributed by atoms with Gasteiger partial charge in [0, 0.05) is 10.7 Å². The molecule has 0 aliphatic rings. The van der Waals surface area contributed by atoms with E-state index in [2.05, 4.69) is 15.9 Å². The molecule has 0 saturated heterocycles. The van der Waals surface area contributed by atoms with Crippen molar-refractivity contribution in [2.45, 2.75) is 24.7 Å². The number of hydrogen-bond donors (Lipinski definition) is 1. The van der Waals surface area contributed by atoms with Crippen LogP contribution in [0.5, 0.6) is 0 Å². The molecule has 0 unspecified atom stereocenters. The van der Waals surface area contributed by atoms with E-state index in [1.54, 1.807) is 31.2 Å². The average molecular weight is 307 g/mol. The van der Waals surface area contributed by atoms with E-state index >= 15 is 0 Å². The third-order valence-electron chi connectivity index (χ3n) is 2.52. The van der Waals surface area contributed by atoms with Crippen LogP contribution in [0.15, 0.2) is 28.7 Å². The lowest BCUT2D eigenvalue weighted by atomic mass is 10.1. The molecular formula is C11H15BrO3S. The van der Waals surface area contributed by atoms with E-state index in [1.165, 1.54) is 0 Å². The predicted molar refractivity (Wildman–Crippen MR) is 68.0 cm³/mol. The largest absolute Gasteiger partial charge is 0.387 e. The summed E-state index contributed by atoms with van der Waals surface area (Å²) in [6, 6.07) is 7.02. The lowest BCUT2D eigenvalue weighted by Gasteiger charge is -2.20. The van der Waals surface area contributed by atoms with Crippen LogP contribution in [0.25, 0.3) is 0 Å². The molecule has 1 aromatic carbocycles. The predicted octanol–water partition coefficient (Wildman–Crippen LogP) is 2.31. The summed E-state index contributed by atoms with van der Waals surface area (Å²) in [5, 5.41) is 9.27. The van der Waals surface area contributed by atoms with Crippen molar-refractivity contribution in [2.24, 2.45) is 0 Å². The minimum absolute atomic E-state index is 0.399. The summed E-state index contributed by atoms with van der Waals surface area (Å²) in [7, 11) is -3.23. The monoisotopic (exact) mass is 306 g/mol. The van der Waals surface area contributed by atoms with Gasteiger partial charge in [-0.1, -0.05) is 35.0 Å². The Bertz CT molecular complexity index is 439. The van der Waals surface area contributed by atoms with Crippen molar-refractivity contribution in [3.63, 3.8) is 0 Å². The second-order valence-electron chi connectivity index (χ2n) is 3.77. The van der Waals surface area contributed by atoms with Gasteiger partial charge in [0.2, 0.25) is 0 Å². The van der Waals surface area contributed by atoms with E-state index < -0.39 is 21.2 Å². The van der Waals surface area contributed by atoms with E-state index in [-0.39, 0.29) is 0 Å². The summed E-state index contributed by atoms with van der Waals surface area (Å²) < 4.78 is 23.8. The Kier molecular flexibility index (Phi) is 4.52. The SMILES string of the molecule is CC[C@H]([C@@H](O)c1ccc(Br)cc1)S(C)(=O)=O. The summed E-state index contributed by atoms with van der Waals surface area (Å²) in [5.41, 5.74) is 0.625. The van der Waals surface area contributed by atoms with Crippen LogP contribution in [0.2, 0.25) is 0 Å². The Labute approximate surface area is 105 Å². The van der Waals surface area contributed by atoms with Gasteiger partial charge in [0.05, 0.1) is 11.4 Å². The first kappa shape index (κ1) is 13.7. The molecular weight excluding hydrogens is 292 g/mol. The Balaban J connectivity index is 3.00. The molecule has 0 saturated carbocycles. The van der Waals surface area contributed by atoms with Gasteiger partial charge in [-0.2, -0.15) is 0 Å². The zero-order valence-electron chi connectivity index (χ0n) is 9.22. The highest BCUT2D eigenvalue weighted by Gasteiger charge is 2.28. The molecule has 5 heteroatoms. The third kappa shape index (κ3) is 3.30. The van der Waals surface area contributed by atoms with Crippen molar-refractivity contribution >= 4 is 25.8 Å². The normalized spacial score (nSPS) is 15.8. The summed E-state index contributed by atoms with van der Waals surface area (Å²) in [6.45, 7) is 1.76. The third-order valence-corrected chi connectivity index (χ3v) is 4.74. The van der Waals surface area contributed by atoms with Gasteiger partial charge in [-0.3, -0.25) is 0 Å². The quantitative estimate of drug-likeness (QED) is 0.928. The molecule has 1 N–H and O–H groups in total. The lowest BCUT2D eigenvalue weighted by molar-refractivity contribution is 0.169. The molecule has 0 spiro atoms. The molecule has 0 heterocycles. The first-order valence-corrected chi connectivity index (χ1v) is 7.73. The summed E-state index contributed by atoms with van der Waals surface area (Å²) in [6.07, 6.45) is 0.590. The highest BCUT2D eigenvalue weighted by Crippen LogP contribution is 2.25. The van der Waals surface area contributed by atoms with Crippen LogP contribution in [-0.4, -0.2) is 25.0 Å². The highest BCUT2D eigenvalue weighted by atomic mass is 79.9. The number of aliphatic hydroxyl groups excluding tert-OH is 1. The molecule has 1 rings (SSSR count). The molecule has 16 heavy (non-hydrogen) atoms. The second-order valence-corrected chi connectivity index (χ2v) is 6.95. The van der Waals surface area contributed by atoms with E-state index in [9.17, 15) is 13.5 Å². The molecule has 0 aliphatic heterocycles. The number of benzene rings is 1. The number of rotatable bonds is 4. The Morgan fingerprint density at radius 1 is 1.31 bits per heavy atom. The standard InChI is InChI=1S/C11H15BrO3S/c1-3-10(16(2,14)15)11(13)8-4-6-9(12)7-5-8/h4-7,10-11,13H,3H2,1-2H3/t10-,11+/m1/s1. The minimum Gasteiger partial charge on any atom is -0.387 e.